The Morgan fingerprint density at radius 1 is 1.14 bits per heavy atom. The third-order valence-corrected chi connectivity index (χ3v) is 4.98. The number of carbonyl (C=O) groups excluding carboxylic acids is 1. The van der Waals surface area contributed by atoms with Crippen LogP contribution in [0.4, 0.5) is 4.39 Å². The van der Waals surface area contributed by atoms with E-state index in [9.17, 15) is 9.18 Å². The molecule has 0 saturated heterocycles. The highest BCUT2D eigenvalue weighted by molar-refractivity contribution is 14.0. The summed E-state index contributed by atoms with van der Waals surface area (Å²) < 4.78 is 13.5. The number of carbonyl (C=O) groups is 1. The molecule has 150 valence electrons. The van der Waals surface area contributed by atoms with Gasteiger partial charge in [-0.25, -0.2) is 4.39 Å². The van der Waals surface area contributed by atoms with Gasteiger partial charge in [-0.1, -0.05) is 24.3 Å². The number of rotatable bonds is 6. The van der Waals surface area contributed by atoms with Gasteiger partial charge in [0.1, 0.15) is 5.82 Å². The first-order valence-corrected chi connectivity index (χ1v) is 9.08. The molecule has 2 aromatic rings. The maximum absolute atomic E-state index is 13.5. The lowest BCUT2D eigenvalue weighted by atomic mass is 9.96. The molecule has 7 heteroatoms. The standard InChI is InChI=1S/C21H25FN4O.HI/c1-23-19(27)16-6-3-5-15(11-16)13-25-20(24-2)26-14-21(9-10-21)17-7-4-8-18(22)12-17;/h3-8,11-12H,9-10,13-14H2,1-2H3,(H,23,27)(H2,24,25,26);1H. The van der Waals surface area contributed by atoms with Crippen molar-refractivity contribution in [2.75, 3.05) is 20.6 Å². The molecular formula is C21H26FIN4O. The Kier molecular flexibility index (Phi) is 7.79. The number of nitrogens with zero attached hydrogens (tertiary/aromatic N) is 1. The summed E-state index contributed by atoms with van der Waals surface area (Å²) in [6, 6.07) is 14.3. The average Bonchev–Trinajstić information content (AvgIpc) is 3.49. The van der Waals surface area contributed by atoms with Crippen LogP contribution in [0.5, 0.6) is 0 Å². The first-order chi connectivity index (χ1) is 13.1. The van der Waals surface area contributed by atoms with Crippen LogP contribution in [0.1, 0.15) is 34.3 Å². The normalized spacial score (nSPS) is 14.6. The number of hydrogen-bond acceptors (Lipinski definition) is 2. The lowest BCUT2D eigenvalue weighted by molar-refractivity contribution is 0.0963. The van der Waals surface area contributed by atoms with E-state index in [2.05, 4.69) is 20.9 Å². The molecule has 1 aliphatic carbocycles. The van der Waals surface area contributed by atoms with Gasteiger partial charge in [-0.2, -0.15) is 0 Å². The molecule has 2 aromatic carbocycles. The maximum atomic E-state index is 13.5. The lowest BCUT2D eigenvalue weighted by Gasteiger charge is -2.19. The maximum Gasteiger partial charge on any atom is 0.251 e. The zero-order valence-electron chi connectivity index (χ0n) is 16.1. The number of nitrogens with one attached hydrogen (secondary N) is 3. The van der Waals surface area contributed by atoms with Crippen LogP contribution in [0.25, 0.3) is 0 Å². The van der Waals surface area contributed by atoms with Crippen molar-refractivity contribution < 1.29 is 9.18 Å². The molecule has 0 radical (unpaired) electrons. The third-order valence-electron chi connectivity index (χ3n) is 4.98. The largest absolute Gasteiger partial charge is 0.356 e. The molecular weight excluding hydrogens is 470 g/mol. The Morgan fingerprint density at radius 3 is 2.54 bits per heavy atom. The number of halogens is 2. The summed E-state index contributed by atoms with van der Waals surface area (Å²) in [5.41, 5.74) is 2.63. The third kappa shape index (κ3) is 5.43. The molecule has 0 spiro atoms. The predicted molar refractivity (Wildman–Crippen MR) is 121 cm³/mol. The molecule has 28 heavy (non-hydrogen) atoms. The van der Waals surface area contributed by atoms with E-state index in [4.69, 9.17) is 0 Å². The fourth-order valence-corrected chi connectivity index (χ4v) is 3.16. The van der Waals surface area contributed by atoms with E-state index >= 15 is 0 Å². The lowest BCUT2D eigenvalue weighted by Crippen LogP contribution is -2.40. The second-order valence-corrected chi connectivity index (χ2v) is 6.85. The van der Waals surface area contributed by atoms with Crippen molar-refractivity contribution in [3.8, 4) is 0 Å². The van der Waals surface area contributed by atoms with Crippen molar-refractivity contribution in [3.05, 3.63) is 71.0 Å². The van der Waals surface area contributed by atoms with Gasteiger partial charge in [0.2, 0.25) is 0 Å². The topological polar surface area (TPSA) is 65.5 Å². The first-order valence-electron chi connectivity index (χ1n) is 9.08. The number of guanidine groups is 1. The summed E-state index contributed by atoms with van der Waals surface area (Å²) in [6.45, 7) is 1.26. The number of hydrogen-bond donors (Lipinski definition) is 3. The van der Waals surface area contributed by atoms with Crippen molar-refractivity contribution in [2.45, 2.75) is 24.8 Å². The molecule has 0 unspecified atom stereocenters. The molecule has 1 saturated carbocycles. The van der Waals surface area contributed by atoms with Gasteiger partial charge in [0.25, 0.3) is 5.91 Å². The molecule has 3 N–H and O–H groups in total. The summed E-state index contributed by atoms with van der Waals surface area (Å²) in [7, 11) is 3.34. The second-order valence-electron chi connectivity index (χ2n) is 6.85. The van der Waals surface area contributed by atoms with Crippen LogP contribution < -0.4 is 16.0 Å². The summed E-state index contributed by atoms with van der Waals surface area (Å²) in [4.78, 5) is 16.0. The van der Waals surface area contributed by atoms with Crippen LogP contribution in [0.3, 0.4) is 0 Å². The zero-order valence-corrected chi connectivity index (χ0v) is 18.4. The van der Waals surface area contributed by atoms with Crippen LogP contribution in [-0.2, 0) is 12.0 Å². The summed E-state index contributed by atoms with van der Waals surface area (Å²) in [5.74, 6) is 0.380. The van der Waals surface area contributed by atoms with Gasteiger partial charge >= 0.3 is 0 Å². The molecule has 0 bridgehead atoms. The van der Waals surface area contributed by atoms with Crippen molar-refractivity contribution in [2.24, 2.45) is 4.99 Å². The molecule has 0 atom stereocenters. The van der Waals surface area contributed by atoms with Gasteiger partial charge in [0.15, 0.2) is 5.96 Å². The van der Waals surface area contributed by atoms with E-state index in [1.807, 2.05) is 24.3 Å². The van der Waals surface area contributed by atoms with Crippen molar-refractivity contribution >= 4 is 35.8 Å². The monoisotopic (exact) mass is 496 g/mol. The average molecular weight is 496 g/mol. The molecule has 0 heterocycles. The Morgan fingerprint density at radius 2 is 1.89 bits per heavy atom. The zero-order chi connectivity index (χ0) is 19.3. The van der Waals surface area contributed by atoms with Crippen LogP contribution in [-0.4, -0.2) is 32.5 Å². The predicted octanol–water partition coefficient (Wildman–Crippen LogP) is 3.20. The SMILES string of the molecule is CN=C(NCc1cccc(C(=O)NC)c1)NCC1(c2cccc(F)c2)CC1.I. The molecule has 1 aliphatic rings. The molecule has 1 fully saturated rings. The van der Waals surface area contributed by atoms with Gasteiger partial charge in [-0.15, -0.1) is 24.0 Å². The molecule has 5 nitrogen and oxygen atoms in total. The van der Waals surface area contributed by atoms with Crippen LogP contribution in [0.15, 0.2) is 53.5 Å². The van der Waals surface area contributed by atoms with E-state index in [1.165, 1.54) is 6.07 Å². The summed E-state index contributed by atoms with van der Waals surface area (Å²) in [5, 5.41) is 9.24. The van der Waals surface area contributed by atoms with Crippen molar-refractivity contribution in [1.82, 2.24) is 16.0 Å². The molecule has 0 aliphatic heterocycles. The van der Waals surface area contributed by atoms with Crippen molar-refractivity contribution in [1.29, 1.82) is 0 Å². The minimum atomic E-state index is -0.197. The van der Waals surface area contributed by atoms with Gasteiger partial charge in [-0.3, -0.25) is 9.79 Å². The number of benzene rings is 2. The quantitative estimate of drug-likeness (QED) is 0.327. The highest BCUT2D eigenvalue weighted by Crippen LogP contribution is 2.47. The molecule has 3 rings (SSSR count). The minimum Gasteiger partial charge on any atom is -0.356 e. The summed E-state index contributed by atoms with van der Waals surface area (Å²) in [6.07, 6.45) is 2.07. The summed E-state index contributed by atoms with van der Waals surface area (Å²) >= 11 is 0. The Balaban J connectivity index is 0.00000280. The van der Waals surface area contributed by atoms with Crippen LogP contribution in [0, 0.1) is 5.82 Å². The van der Waals surface area contributed by atoms with Crippen molar-refractivity contribution in [3.63, 3.8) is 0 Å². The van der Waals surface area contributed by atoms with Crippen LogP contribution >= 0.6 is 24.0 Å². The first kappa shape index (κ1) is 22.1. The van der Waals surface area contributed by atoms with Gasteiger partial charge < -0.3 is 16.0 Å². The molecule has 0 aromatic heterocycles. The Hall–Kier alpha value is -2.16. The van der Waals surface area contributed by atoms with Gasteiger partial charge in [0.05, 0.1) is 0 Å². The smallest absolute Gasteiger partial charge is 0.251 e. The fraction of sp³-hybridized carbons (Fsp3) is 0.333. The van der Waals surface area contributed by atoms with E-state index in [0.717, 1.165) is 24.0 Å². The minimum absolute atomic E-state index is 0. The fourth-order valence-electron chi connectivity index (χ4n) is 3.16. The van der Waals surface area contributed by atoms with E-state index in [-0.39, 0.29) is 41.1 Å². The highest BCUT2D eigenvalue weighted by Gasteiger charge is 2.44. The molecule has 1 amide bonds. The Labute approximate surface area is 182 Å². The number of aliphatic imine (C=N–C) groups is 1. The number of amides is 1. The Bertz CT molecular complexity index is 852. The second kappa shape index (κ2) is 9.86. The van der Waals surface area contributed by atoms with E-state index in [1.54, 1.807) is 32.3 Å². The van der Waals surface area contributed by atoms with E-state index in [0.29, 0.717) is 24.6 Å². The highest BCUT2D eigenvalue weighted by atomic mass is 127. The van der Waals surface area contributed by atoms with Gasteiger partial charge in [-0.05, 0) is 48.2 Å². The van der Waals surface area contributed by atoms with E-state index < -0.39 is 0 Å². The van der Waals surface area contributed by atoms with Crippen LogP contribution in [0.2, 0.25) is 0 Å². The van der Waals surface area contributed by atoms with Gasteiger partial charge in [0, 0.05) is 38.2 Å².